The number of unbranched alkanes of at least 4 members (excludes halogenated alkanes) is 6. The molecule has 0 unspecified atom stereocenters. The molecular weight excluding hydrogens is 344 g/mol. The van der Waals surface area contributed by atoms with E-state index < -0.39 is 0 Å². The first-order valence-electron chi connectivity index (χ1n) is 11.1. The van der Waals surface area contributed by atoms with E-state index in [1.165, 1.54) is 60.8 Å². The number of hydrogen-bond acceptors (Lipinski definition) is 2. The van der Waals surface area contributed by atoms with Gasteiger partial charge in [0.05, 0.1) is 13.2 Å². The largest absolute Gasteiger partial charge is 0.493 e. The molecule has 0 spiro atoms. The van der Waals surface area contributed by atoms with E-state index in [4.69, 9.17) is 9.47 Å². The summed E-state index contributed by atoms with van der Waals surface area (Å²) in [7, 11) is 0. The molecule has 2 heteroatoms. The molecular formula is C26H38O2. The summed E-state index contributed by atoms with van der Waals surface area (Å²) in [6.07, 6.45) is 9.81. The van der Waals surface area contributed by atoms with Crippen LogP contribution in [-0.2, 0) is 0 Å². The van der Waals surface area contributed by atoms with E-state index in [0.29, 0.717) is 0 Å². The lowest BCUT2D eigenvalue weighted by atomic mass is 10.0. The average Bonchev–Trinajstić information content (AvgIpc) is 2.70. The molecule has 2 nitrogen and oxygen atoms in total. The average molecular weight is 383 g/mol. The summed E-state index contributed by atoms with van der Waals surface area (Å²) >= 11 is 0. The molecule has 0 aliphatic rings. The minimum absolute atomic E-state index is 0.796. The molecule has 2 aromatic carbocycles. The summed E-state index contributed by atoms with van der Waals surface area (Å²) in [6.45, 7) is 10.3. The molecule has 0 atom stereocenters. The fourth-order valence-corrected chi connectivity index (χ4v) is 3.29. The van der Waals surface area contributed by atoms with Crippen molar-refractivity contribution in [3.8, 4) is 22.6 Å². The van der Waals surface area contributed by atoms with Crippen molar-refractivity contribution in [2.45, 2.75) is 79.1 Å². The van der Waals surface area contributed by atoms with Crippen LogP contribution < -0.4 is 9.47 Å². The van der Waals surface area contributed by atoms with E-state index >= 15 is 0 Å². The van der Waals surface area contributed by atoms with Crippen molar-refractivity contribution in [3.05, 3.63) is 47.5 Å². The number of hydrogen-bond donors (Lipinski definition) is 0. The quantitative estimate of drug-likeness (QED) is 0.328. The maximum atomic E-state index is 6.07. The predicted octanol–water partition coefficient (Wildman–Crippen LogP) is 7.89. The van der Waals surface area contributed by atoms with Gasteiger partial charge in [0, 0.05) is 0 Å². The Morgan fingerprint density at radius 3 is 1.39 bits per heavy atom. The lowest BCUT2D eigenvalue weighted by Crippen LogP contribution is -2.00. The highest BCUT2D eigenvalue weighted by Crippen LogP contribution is 2.31. The van der Waals surface area contributed by atoms with Gasteiger partial charge < -0.3 is 9.47 Å². The highest BCUT2D eigenvalue weighted by molar-refractivity contribution is 5.68. The second-order valence-corrected chi connectivity index (χ2v) is 7.78. The Morgan fingerprint density at radius 1 is 0.571 bits per heavy atom. The van der Waals surface area contributed by atoms with E-state index in [-0.39, 0.29) is 0 Å². The molecule has 0 fully saturated rings. The molecule has 0 aliphatic carbocycles. The van der Waals surface area contributed by atoms with Crippen LogP contribution in [0.5, 0.6) is 11.5 Å². The first-order valence-corrected chi connectivity index (χ1v) is 11.1. The van der Waals surface area contributed by atoms with Crippen molar-refractivity contribution in [3.63, 3.8) is 0 Å². The highest BCUT2D eigenvalue weighted by atomic mass is 16.5. The highest BCUT2D eigenvalue weighted by Gasteiger charge is 2.07. The molecule has 2 aromatic rings. The van der Waals surface area contributed by atoms with E-state index in [1.807, 2.05) is 0 Å². The minimum atomic E-state index is 0.796. The van der Waals surface area contributed by atoms with Gasteiger partial charge in [0.1, 0.15) is 11.5 Å². The third-order valence-corrected chi connectivity index (χ3v) is 5.22. The van der Waals surface area contributed by atoms with Crippen LogP contribution in [0, 0.1) is 13.8 Å². The van der Waals surface area contributed by atoms with Crippen LogP contribution in [0.3, 0.4) is 0 Å². The van der Waals surface area contributed by atoms with Crippen molar-refractivity contribution in [2.75, 3.05) is 13.2 Å². The Balaban J connectivity index is 2.03. The summed E-state index contributed by atoms with van der Waals surface area (Å²) in [5.41, 5.74) is 4.76. The number of ether oxygens (including phenoxy) is 2. The van der Waals surface area contributed by atoms with Crippen molar-refractivity contribution in [2.24, 2.45) is 0 Å². The fraction of sp³-hybridized carbons (Fsp3) is 0.538. The zero-order valence-electron chi connectivity index (χ0n) is 18.4. The maximum Gasteiger partial charge on any atom is 0.122 e. The Labute approximate surface area is 172 Å². The fourth-order valence-electron chi connectivity index (χ4n) is 3.29. The van der Waals surface area contributed by atoms with Gasteiger partial charge in [-0.2, -0.15) is 0 Å². The molecule has 0 bridgehead atoms. The molecule has 0 heterocycles. The Morgan fingerprint density at radius 2 is 1.00 bits per heavy atom. The number of benzene rings is 2. The predicted molar refractivity (Wildman–Crippen MR) is 121 cm³/mol. The van der Waals surface area contributed by atoms with Gasteiger partial charge >= 0.3 is 0 Å². The van der Waals surface area contributed by atoms with Gasteiger partial charge in [-0.15, -0.1) is 0 Å². The summed E-state index contributed by atoms with van der Waals surface area (Å²) in [4.78, 5) is 0. The SMILES string of the molecule is CCCCCCOc1cc(-c2ccc(C)c(OCCCCCC)c2)ccc1C. The molecule has 0 saturated carbocycles. The van der Waals surface area contributed by atoms with Crippen LogP contribution >= 0.6 is 0 Å². The number of aryl methyl sites for hydroxylation is 2. The van der Waals surface area contributed by atoms with Crippen LogP contribution in [0.1, 0.15) is 76.3 Å². The summed E-state index contributed by atoms with van der Waals surface area (Å²) in [5, 5.41) is 0. The van der Waals surface area contributed by atoms with Gasteiger partial charge in [0.15, 0.2) is 0 Å². The van der Waals surface area contributed by atoms with Gasteiger partial charge in [-0.3, -0.25) is 0 Å². The smallest absolute Gasteiger partial charge is 0.122 e. The summed E-state index contributed by atoms with van der Waals surface area (Å²) < 4.78 is 12.1. The Hall–Kier alpha value is -1.96. The standard InChI is InChI=1S/C26H38O2/c1-5-7-9-11-17-27-25-19-23(15-13-21(25)3)24-16-14-22(4)26(20-24)28-18-12-10-8-6-2/h13-16,19-20H,5-12,17-18H2,1-4H3. The third-order valence-electron chi connectivity index (χ3n) is 5.22. The van der Waals surface area contributed by atoms with Gasteiger partial charge in [-0.1, -0.05) is 76.6 Å². The monoisotopic (exact) mass is 382 g/mol. The zero-order valence-corrected chi connectivity index (χ0v) is 18.4. The van der Waals surface area contributed by atoms with Crippen molar-refractivity contribution in [1.29, 1.82) is 0 Å². The van der Waals surface area contributed by atoms with Gasteiger partial charge in [-0.05, 0) is 61.1 Å². The summed E-state index contributed by atoms with van der Waals surface area (Å²) in [5.74, 6) is 1.99. The van der Waals surface area contributed by atoms with E-state index in [0.717, 1.165) is 37.6 Å². The van der Waals surface area contributed by atoms with Crippen molar-refractivity contribution < 1.29 is 9.47 Å². The normalized spacial score (nSPS) is 10.9. The third kappa shape index (κ3) is 7.22. The van der Waals surface area contributed by atoms with Crippen LogP contribution in [0.2, 0.25) is 0 Å². The zero-order chi connectivity index (χ0) is 20.2. The second kappa shape index (κ2) is 12.5. The van der Waals surface area contributed by atoms with Crippen LogP contribution in [0.25, 0.3) is 11.1 Å². The number of rotatable bonds is 13. The first kappa shape index (κ1) is 22.3. The molecule has 0 aliphatic heterocycles. The minimum Gasteiger partial charge on any atom is -0.493 e. The molecule has 0 radical (unpaired) electrons. The van der Waals surface area contributed by atoms with Crippen LogP contribution in [0.15, 0.2) is 36.4 Å². The van der Waals surface area contributed by atoms with Crippen molar-refractivity contribution in [1.82, 2.24) is 0 Å². The van der Waals surface area contributed by atoms with Crippen LogP contribution in [0.4, 0.5) is 0 Å². The molecule has 28 heavy (non-hydrogen) atoms. The summed E-state index contributed by atoms with van der Waals surface area (Å²) in [6, 6.07) is 13.0. The lowest BCUT2D eigenvalue weighted by Gasteiger charge is -2.14. The van der Waals surface area contributed by atoms with Gasteiger partial charge in [0.25, 0.3) is 0 Å². The topological polar surface area (TPSA) is 18.5 Å². The van der Waals surface area contributed by atoms with Gasteiger partial charge in [0.2, 0.25) is 0 Å². The van der Waals surface area contributed by atoms with E-state index in [1.54, 1.807) is 0 Å². The maximum absolute atomic E-state index is 6.07. The molecule has 0 N–H and O–H groups in total. The van der Waals surface area contributed by atoms with Gasteiger partial charge in [-0.25, -0.2) is 0 Å². The molecule has 0 amide bonds. The molecule has 0 aromatic heterocycles. The van der Waals surface area contributed by atoms with E-state index in [9.17, 15) is 0 Å². The van der Waals surface area contributed by atoms with E-state index in [2.05, 4.69) is 64.1 Å². The first-order chi connectivity index (χ1) is 13.7. The lowest BCUT2D eigenvalue weighted by molar-refractivity contribution is 0.302. The van der Waals surface area contributed by atoms with Crippen LogP contribution in [-0.4, -0.2) is 13.2 Å². The Kier molecular flexibility index (Phi) is 9.96. The van der Waals surface area contributed by atoms with Crippen molar-refractivity contribution >= 4 is 0 Å². The second-order valence-electron chi connectivity index (χ2n) is 7.78. The Bertz CT molecular complexity index is 644. The molecule has 154 valence electrons. The molecule has 2 rings (SSSR count). The molecule has 0 saturated heterocycles.